The van der Waals surface area contributed by atoms with Crippen LogP contribution in [0, 0.1) is 17.0 Å². The van der Waals surface area contributed by atoms with Gasteiger partial charge in [0.25, 0.3) is 5.69 Å². The molecule has 1 rings (SSSR count). The van der Waals surface area contributed by atoms with E-state index in [1.807, 2.05) is 33.8 Å². The van der Waals surface area contributed by atoms with Crippen molar-refractivity contribution in [2.75, 3.05) is 18.5 Å². The highest BCUT2D eigenvalue weighted by Crippen LogP contribution is 2.26. The molecule has 0 spiro atoms. The molecule has 0 heterocycles. The molecule has 5 heteroatoms. The Kier molecular flexibility index (Phi) is 4.67. The minimum atomic E-state index is -0.372. The Morgan fingerprint density at radius 3 is 2.67 bits per heavy atom. The van der Waals surface area contributed by atoms with Crippen LogP contribution in [0.5, 0.6) is 0 Å². The lowest BCUT2D eigenvalue weighted by Gasteiger charge is -2.25. The topological polar surface area (TPSA) is 64.4 Å². The Hall–Kier alpha value is -1.62. The highest BCUT2D eigenvalue weighted by atomic mass is 16.6. The third kappa shape index (κ3) is 4.00. The Balaban J connectivity index is 2.82. The van der Waals surface area contributed by atoms with Gasteiger partial charge in [0.05, 0.1) is 10.5 Å². The number of anilines is 1. The van der Waals surface area contributed by atoms with E-state index in [-0.39, 0.29) is 16.2 Å². The molecule has 0 saturated carbocycles. The monoisotopic (exact) mass is 252 g/mol. The van der Waals surface area contributed by atoms with Crippen LogP contribution in [0.3, 0.4) is 0 Å². The number of nitrogens with one attached hydrogen (secondary N) is 1. The Bertz CT molecular complexity index is 430. The summed E-state index contributed by atoms with van der Waals surface area (Å²) < 4.78 is 5.54. The van der Waals surface area contributed by atoms with Gasteiger partial charge in [-0.3, -0.25) is 10.1 Å². The zero-order valence-electron chi connectivity index (χ0n) is 11.3. The standard InChI is InChI=1S/C13H20N2O3/c1-5-18-13(3,4)9-14-11-7-6-10(2)8-12(11)15(16)17/h6-8,14H,5,9H2,1-4H3. The van der Waals surface area contributed by atoms with Crippen LogP contribution in [-0.4, -0.2) is 23.7 Å². The zero-order chi connectivity index (χ0) is 13.8. The maximum atomic E-state index is 11.0. The van der Waals surface area contributed by atoms with Crippen LogP contribution in [0.2, 0.25) is 0 Å². The molecule has 100 valence electrons. The quantitative estimate of drug-likeness (QED) is 0.624. The minimum Gasteiger partial charge on any atom is -0.377 e. The molecule has 0 aromatic heterocycles. The van der Waals surface area contributed by atoms with Gasteiger partial charge >= 0.3 is 0 Å². The van der Waals surface area contributed by atoms with E-state index in [4.69, 9.17) is 4.74 Å². The first-order valence-corrected chi connectivity index (χ1v) is 5.98. The number of hydrogen-bond donors (Lipinski definition) is 1. The highest BCUT2D eigenvalue weighted by Gasteiger charge is 2.20. The van der Waals surface area contributed by atoms with Crippen molar-refractivity contribution in [2.45, 2.75) is 33.3 Å². The fraction of sp³-hybridized carbons (Fsp3) is 0.538. The normalized spacial score (nSPS) is 11.3. The number of rotatable bonds is 6. The third-order valence-electron chi connectivity index (χ3n) is 2.59. The van der Waals surface area contributed by atoms with Crippen molar-refractivity contribution in [2.24, 2.45) is 0 Å². The summed E-state index contributed by atoms with van der Waals surface area (Å²) in [5.41, 5.74) is 1.14. The first-order chi connectivity index (χ1) is 8.35. The van der Waals surface area contributed by atoms with Crippen molar-refractivity contribution in [3.63, 3.8) is 0 Å². The number of benzene rings is 1. The smallest absolute Gasteiger partial charge is 0.292 e. The van der Waals surface area contributed by atoms with Gasteiger partial charge < -0.3 is 10.1 Å². The number of hydrogen-bond acceptors (Lipinski definition) is 4. The number of nitro groups is 1. The minimum absolute atomic E-state index is 0.0994. The zero-order valence-corrected chi connectivity index (χ0v) is 11.3. The second kappa shape index (κ2) is 5.82. The second-order valence-corrected chi connectivity index (χ2v) is 4.82. The average molecular weight is 252 g/mol. The molecule has 0 amide bonds. The Morgan fingerprint density at radius 1 is 1.44 bits per heavy atom. The molecule has 0 aliphatic carbocycles. The summed E-state index contributed by atoms with van der Waals surface area (Å²) >= 11 is 0. The predicted molar refractivity (Wildman–Crippen MR) is 72.0 cm³/mol. The van der Waals surface area contributed by atoms with Crippen LogP contribution in [0.4, 0.5) is 11.4 Å². The summed E-state index contributed by atoms with van der Waals surface area (Å²) in [5, 5.41) is 14.0. The fourth-order valence-electron chi connectivity index (χ4n) is 1.69. The maximum absolute atomic E-state index is 11.0. The molecule has 0 radical (unpaired) electrons. The first-order valence-electron chi connectivity index (χ1n) is 5.98. The van der Waals surface area contributed by atoms with Crippen LogP contribution >= 0.6 is 0 Å². The molecule has 0 atom stereocenters. The molecule has 0 fully saturated rings. The van der Waals surface area contributed by atoms with Crippen molar-refractivity contribution >= 4 is 11.4 Å². The van der Waals surface area contributed by atoms with E-state index in [1.54, 1.807) is 12.1 Å². The maximum Gasteiger partial charge on any atom is 0.292 e. The van der Waals surface area contributed by atoms with Gasteiger partial charge in [-0.05, 0) is 39.3 Å². The molecule has 1 aromatic carbocycles. The SMILES string of the molecule is CCOC(C)(C)CNc1ccc(C)cc1[N+](=O)[O-]. The van der Waals surface area contributed by atoms with Crippen molar-refractivity contribution in [3.8, 4) is 0 Å². The average Bonchev–Trinajstić information content (AvgIpc) is 2.27. The van der Waals surface area contributed by atoms with Crippen LogP contribution in [-0.2, 0) is 4.74 Å². The number of nitro benzene ring substituents is 1. The van der Waals surface area contributed by atoms with Gasteiger partial charge in [0.2, 0.25) is 0 Å². The van der Waals surface area contributed by atoms with Crippen molar-refractivity contribution in [1.29, 1.82) is 0 Å². The Morgan fingerprint density at radius 2 is 2.11 bits per heavy atom. The van der Waals surface area contributed by atoms with E-state index in [2.05, 4.69) is 5.32 Å². The van der Waals surface area contributed by atoms with Crippen molar-refractivity contribution in [1.82, 2.24) is 0 Å². The summed E-state index contributed by atoms with van der Waals surface area (Å²) in [6, 6.07) is 5.15. The highest BCUT2D eigenvalue weighted by molar-refractivity contribution is 5.62. The molecule has 0 aliphatic heterocycles. The summed E-state index contributed by atoms with van der Waals surface area (Å²) in [6.07, 6.45) is 0. The van der Waals surface area contributed by atoms with Gasteiger partial charge in [-0.1, -0.05) is 6.07 Å². The summed E-state index contributed by atoms with van der Waals surface area (Å²) in [5.74, 6) is 0. The Labute approximate surface area is 107 Å². The third-order valence-corrected chi connectivity index (χ3v) is 2.59. The molecule has 0 aliphatic rings. The number of aryl methyl sites for hydroxylation is 1. The number of nitrogens with zero attached hydrogens (tertiary/aromatic N) is 1. The van der Waals surface area contributed by atoms with Gasteiger partial charge in [0, 0.05) is 19.2 Å². The van der Waals surface area contributed by atoms with Crippen LogP contribution < -0.4 is 5.32 Å². The molecular formula is C13H20N2O3. The summed E-state index contributed by atoms with van der Waals surface area (Å²) in [7, 11) is 0. The fourth-order valence-corrected chi connectivity index (χ4v) is 1.69. The van der Waals surface area contributed by atoms with E-state index in [0.717, 1.165) is 5.56 Å². The van der Waals surface area contributed by atoms with E-state index in [1.165, 1.54) is 0 Å². The van der Waals surface area contributed by atoms with Gasteiger partial charge in [0.1, 0.15) is 5.69 Å². The van der Waals surface area contributed by atoms with E-state index < -0.39 is 0 Å². The predicted octanol–water partition coefficient (Wildman–Crippen LogP) is 3.13. The van der Waals surface area contributed by atoms with Crippen molar-refractivity contribution in [3.05, 3.63) is 33.9 Å². The lowest BCUT2D eigenvalue weighted by Crippen LogP contribution is -2.33. The molecular weight excluding hydrogens is 232 g/mol. The number of ether oxygens (including phenoxy) is 1. The van der Waals surface area contributed by atoms with Gasteiger partial charge in [-0.15, -0.1) is 0 Å². The van der Waals surface area contributed by atoms with Crippen LogP contribution in [0.15, 0.2) is 18.2 Å². The largest absolute Gasteiger partial charge is 0.377 e. The van der Waals surface area contributed by atoms with Gasteiger partial charge in [-0.25, -0.2) is 0 Å². The second-order valence-electron chi connectivity index (χ2n) is 4.82. The van der Waals surface area contributed by atoms with Crippen molar-refractivity contribution < 1.29 is 9.66 Å². The van der Waals surface area contributed by atoms with E-state index >= 15 is 0 Å². The summed E-state index contributed by atoms with van der Waals surface area (Å²) in [4.78, 5) is 10.6. The molecule has 0 unspecified atom stereocenters. The van der Waals surface area contributed by atoms with Crippen LogP contribution in [0.1, 0.15) is 26.3 Å². The molecule has 1 aromatic rings. The lowest BCUT2D eigenvalue weighted by molar-refractivity contribution is -0.384. The lowest BCUT2D eigenvalue weighted by atomic mass is 10.1. The van der Waals surface area contributed by atoms with E-state index in [0.29, 0.717) is 18.8 Å². The summed E-state index contributed by atoms with van der Waals surface area (Å²) in [6.45, 7) is 8.79. The molecule has 0 bridgehead atoms. The molecule has 1 N–H and O–H groups in total. The van der Waals surface area contributed by atoms with E-state index in [9.17, 15) is 10.1 Å². The molecule has 5 nitrogen and oxygen atoms in total. The van der Waals surface area contributed by atoms with Crippen LogP contribution in [0.25, 0.3) is 0 Å². The van der Waals surface area contributed by atoms with Gasteiger partial charge in [0.15, 0.2) is 0 Å². The van der Waals surface area contributed by atoms with Gasteiger partial charge in [-0.2, -0.15) is 0 Å². The first kappa shape index (κ1) is 14.4. The molecule has 0 saturated heterocycles. The molecule has 18 heavy (non-hydrogen) atoms.